The molecule has 0 radical (unpaired) electrons. The normalized spacial score (nSPS) is 12.2. The van der Waals surface area contributed by atoms with E-state index in [1.807, 2.05) is 66.7 Å². The van der Waals surface area contributed by atoms with Gasteiger partial charge in [-0.25, -0.2) is 0 Å². The van der Waals surface area contributed by atoms with Gasteiger partial charge in [0.15, 0.2) is 0 Å². The summed E-state index contributed by atoms with van der Waals surface area (Å²) in [5, 5.41) is 10.8. The van der Waals surface area contributed by atoms with Crippen LogP contribution in [-0.2, 0) is 11.3 Å². The van der Waals surface area contributed by atoms with Crippen molar-refractivity contribution in [1.82, 2.24) is 0 Å². The first kappa shape index (κ1) is 16.4. The summed E-state index contributed by atoms with van der Waals surface area (Å²) in [7, 11) is 0. The summed E-state index contributed by atoms with van der Waals surface area (Å²) in [6.45, 7) is 0.803. The Hall–Kier alpha value is -2.42. The van der Waals surface area contributed by atoms with Crippen molar-refractivity contribution in [1.29, 1.82) is 0 Å². The summed E-state index contributed by atoms with van der Waals surface area (Å²) >= 11 is 0. The number of benzene rings is 3. The van der Waals surface area contributed by atoms with Crippen molar-refractivity contribution in [3.8, 4) is 0 Å². The second-order valence-corrected chi connectivity index (χ2v) is 5.87. The van der Waals surface area contributed by atoms with Gasteiger partial charge in [0, 0.05) is 5.92 Å². The summed E-state index contributed by atoms with van der Waals surface area (Å²) in [5.41, 5.74) is 3.31. The first-order valence-electron chi connectivity index (χ1n) is 8.24. The summed E-state index contributed by atoms with van der Waals surface area (Å²) < 4.78 is 5.76. The minimum atomic E-state index is -0.599. The lowest BCUT2D eigenvalue weighted by Crippen LogP contribution is -2.25. The Bertz CT molecular complexity index is 671. The molecule has 0 heterocycles. The molecule has 3 rings (SSSR count). The fourth-order valence-electron chi connectivity index (χ4n) is 2.93. The van der Waals surface area contributed by atoms with E-state index >= 15 is 0 Å². The van der Waals surface area contributed by atoms with Crippen molar-refractivity contribution >= 4 is 0 Å². The van der Waals surface area contributed by atoms with Crippen LogP contribution in [0.3, 0.4) is 0 Å². The van der Waals surface area contributed by atoms with E-state index in [9.17, 15) is 5.11 Å². The lowest BCUT2D eigenvalue weighted by Gasteiger charge is -2.24. The number of hydrogen-bond acceptors (Lipinski definition) is 2. The molecular weight excluding hydrogens is 296 g/mol. The first-order chi connectivity index (χ1) is 11.8. The zero-order chi connectivity index (χ0) is 16.6. The molecule has 24 heavy (non-hydrogen) atoms. The average Bonchev–Trinajstić information content (AvgIpc) is 2.65. The quantitative estimate of drug-likeness (QED) is 0.700. The van der Waals surface area contributed by atoms with Crippen molar-refractivity contribution in [2.75, 3.05) is 6.61 Å². The fraction of sp³-hybridized carbons (Fsp3) is 0.182. The molecule has 0 spiro atoms. The fourth-order valence-corrected chi connectivity index (χ4v) is 2.93. The molecule has 0 saturated heterocycles. The second kappa shape index (κ2) is 8.44. The van der Waals surface area contributed by atoms with Gasteiger partial charge in [0.05, 0.1) is 19.3 Å². The zero-order valence-electron chi connectivity index (χ0n) is 13.6. The zero-order valence-corrected chi connectivity index (χ0v) is 13.6. The van der Waals surface area contributed by atoms with Gasteiger partial charge in [-0.3, -0.25) is 0 Å². The van der Waals surface area contributed by atoms with E-state index in [1.54, 1.807) is 0 Å². The van der Waals surface area contributed by atoms with Crippen molar-refractivity contribution < 1.29 is 9.84 Å². The highest BCUT2D eigenvalue weighted by Crippen LogP contribution is 2.28. The topological polar surface area (TPSA) is 29.5 Å². The molecule has 0 aliphatic heterocycles. The third-order valence-corrected chi connectivity index (χ3v) is 4.10. The van der Waals surface area contributed by atoms with Crippen LogP contribution in [0.1, 0.15) is 22.6 Å². The van der Waals surface area contributed by atoms with Crippen LogP contribution in [0.2, 0.25) is 0 Å². The predicted molar refractivity (Wildman–Crippen MR) is 96.8 cm³/mol. The van der Waals surface area contributed by atoms with E-state index in [2.05, 4.69) is 24.3 Å². The second-order valence-electron chi connectivity index (χ2n) is 5.87. The van der Waals surface area contributed by atoms with Gasteiger partial charge in [0.1, 0.15) is 0 Å². The third-order valence-electron chi connectivity index (χ3n) is 4.10. The van der Waals surface area contributed by atoms with Crippen LogP contribution in [0.25, 0.3) is 0 Å². The molecule has 0 saturated carbocycles. The molecule has 1 atom stereocenters. The first-order valence-corrected chi connectivity index (χ1v) is 8.24. The molecule has 3 aromatic rings. The highest BCUT2D eigenvalue weighted by Gasteiger charge is 2.23. The maximum atomic E-state index is 10.8. The number of aliphatic hydroxyl groups excluding tert-OH is 1. The van der Waals surface area contributed by atoms with Gasteiger partial charge in [0.25, 0.3) is 0 Å². The van der Waals surface area contributed by atoms with E-state index in [1.165, 1.54) is 0 Å². The van der Waals surface area contributed by atoms with Gasteiger partial charge in [-0.05, 0) is 16.7 Å². The molecule has 122 valence electrons. The molecule has 1 unspecified atom stereocenters. The van der Waals surface area contributed by atoms with Gasteiger partial charge < -0.3 is 9.84 Å². The van der Waals surface area contributed by atoms with Crippen LogP contribution in [0.4, 0.5) is 0 Å². The summed E-state index contributed by atoms with van der Waals surface area (Å²) in [5.74, 6) is -0.0943. The smallest absolute Gasteiger partial charge is 0.0882 e. The van der Waals surface area contributed by atoms with E-state index in [4.69, 9.17) is 4.74 Å². The molecule has 0 fully saturated rings. The maximum absolute atomic E-state index is 10.8. The Labute approximate surface area is 143 Å². The van der Waals surface area contributed by atoms with Crippen LogP contribution in [-0.4, -0.2) is 17.8 Å². The molecular formula is C22H22O2. The van der Waals surface area contributed by atoms with E-state index in [0.29, 0.717) is 13.2 Å². The van der Waals surface area contributed by atoms with Gasteiger partial charge in [-0.2, -0.15) is 0 Å². The molecule has 0 aliphatic rings. The number of hydrogen-bond donors (Lipinski definition) is 1. The number of rotatable bonds is 7. The van der Waals surface area contributed by atoms with Crippen LogP contribution in [0.15, 0.2) is 91.0 Å². The highest BCUT2D eigenvalue weighted by atomic mass is 16.5. The average molecular weight is 318 g/mol. The lowest BCUT2D eigenvalue weighted by atomic mass is 9.87. The van der Waals surface area contributed by atoms with Gasteiger partial charge in [-0.15, -0.1) is 0 Å². The number of aliphatic hydroxyl groups is 1. The molecule has 2 heteroatoms. The van der Waals surface area contributed by atoms with Crippen LogP contribution in [0, 0.1) is 0 Å². The minimum Gasteiger partial charge on any atom is -0.390 e. The molecule has 3 aromatic carbocycles. The largest absolute Gasteiger partial charge is 0.390 e. The summed E-state index contributed by atoms with van der Waals surface area (Å²) in [6.07, 6.45) is -0.599. The molecule has 0 amide bonds. The van der Waals surface area contributed by atoms with Gasteiger partial charge in [-0.1, -0.05) is 91.0 Å². The predicted octanol–water partition coefficient (Wildman–Crippen LogP) is 4.40. The Morgan fingerprint density at radius 3 is 1.62 bits per heavy atom. The van der Waals surface area contributed by atoms with Crippen molar-refractivity contribution in [3.05, 3.63) is 108 Å². The maximum Gasteiger partial charge on any atom is 0.0882 e. The SMILES string of the molecule is OC(COCc1ccccc1)C(c1ccccc1)c1ccccc1. The van der Waals surface area contributed by atoms with Crippen LogP contribution < -0.4 is 0 Å². The van der Waals surface area contributed by atoms with Gasteiger partial charge in [0.2, 0.25) is 0 Å². The lowest BCUT2D eigenvalue weighted by molar-refractivity contribution is 0.0207. The Kier molecular flexibility index (Phi) is 5.78. The van der Waals surface area contributed by atoms with E-state index in [-0.39, 0.29) is 5.92 Å². The highest BCUT2D eigenvalue weighted by molar-refractivity contribution is 5.33. The minimum absolute atomic E-state index is 0.0943. The Morgan fingerprint density at radius 1 is 0.667 bits per heavy atom. The number of ether oxygens (including phenoxy) is 1. The van der Waals surface area contributed by atoms with E-state index in [0.717, 1.165) is 16.7 Å². The van der Waals surface area contributed by atoms with Crippen LogP contribution >= 0.6 is 0 Å². The van der Waals surface area contributed by atoms with Crippen molar-refractivity contribution in [2.24, 2.45) is 0 Å². The molecule has 0 aromatic heterocycles. The monoisotopic (exact) mass is 318 g/mol. The summed E-state index contributed by atoms with van der Waals surface area (Å²) in [6, 6.07) is 30.2. The third kappa shape index (κ3) is 4.31. The summed E-state index contributed by atoms with van der Waals surface area (Å²) in [4.78, 5) is 0. The molecule has 0 bridgehead atoms. The standard InChI is InChI=1S/C22H22O2/c23-21(17-24-16-18-10-4-1-5-11-18)22(19-12-6-2-7-13-19)20-14-8-3-9-15-20/h1-15,21-23H,16-17H2. The van der Waals surface area contributed by atoms with E-state index < -0.39 is 6.10 Å². The molecule has 2 nitrogen and oxygen atoms in total. The molecule has 1 N–H and O–H groups in total. The van der Waals surface area contributed by atoms with Crippen molar-refractivity contribution in [3.63, 3.8) is 0 Å². The Morgan fingerprint density at radius 2 is 1.12 bits per heavy atom. The van der Waals surface area contributed by atoms with Gasteiger partial charge >= 0.3 is 0 Å². The Balaban J connectivity index is 1.71. The van der Waals surface area contributed by atoms with Crippen molar-refractivity contribution in [2.45, 2.75) is 18.6 Å². The molecule has 0 aliphatic carbocycles. The van der Waals surface area contributed by atoms with Crippen LogP contribution in [0.5, 0.6) is 0 Å².